The molecule has 22 heavy (non-hydrogen) atoms. The van der Waals surface area contributed by atoms with E-state index in [0.717, 1.165) is 25.0 Å². The van der Waals surface area contributed by atoms with E-state index in [2.05, 4.69) is 15.3 Å². The van der Waals surface area contributed by atoms with E-state index < -0.39 is 11.6 Å². The second-order valence-corrected chi connectivity index (χ2v) is 6.03. The maximum Gasteiger partial charge on any atom is 0.225 e. The Labute approximate surface area is 128 Å². The first-order chi connectivity index (χ1) is 10.5. The zero-order valence-electron chi connectivity index (χ0n) is 12.9. The van der Waals surface area contributed by atoms with Crippen molar-refractivity contribution >= 4 is 22.7 Å². The van der Waals surface area contributed by atoms with Gasteiger partial charge in [-0.3, -0.25) is 0 Å². The van der Waals surface area contributed by atoms with Crippen LogP contribution in [0.4, 0.5) is 20.5 Å². The van der Waals surface area contributed by atoms with Gasteiger partial charge in [0.05, 0.1) is 5.52 Å². The fourth-order valence-corrected chi connectivity index (χ4v) is 2.94. The number of hydrogen-bond donors (Lipinski definition) is 1. The number of rotatable bonds is 3. The van der Waals surface area contributed by atoms with Crippen LogP contribution in [0.15, 0.2) is 12.1 Å². The van der Waals surface area contributed by atoms with Crippen LogP contribution in [0.25, 0.3) is 10.9 Å². The number of hydrogen-bond acceptors (Lipinski definition) is 4. The molecule has 2 aromatic rings. The Bertz CT molecular complexity index is 681. The molecular weight excluding hydrogens is 286 g/mol. The number of halogens is 2. The molecular formula is C16H20F2N4. The number of aromatic nitrogens is 2. The van der Waals surface area contributed by atoms with Gasteiger partial charge in [-0.25, -0.2) is 13.8 Å². The van der Waals surface area contributed by atoms with E-state index in [4.69, 9.17) is 0 Å². The molecule has 1 saturated carbocycles. The molecule has 0 amide bonds. The summed E-state index contributed by atoms with van der Waals surface area (Å²) in [7, 11) is 3.65. The van der Waals surface area contributed by atoms with Crippen molar-refractivity contribution in [3.63, 3.8) is 0 Å². The Balaban J connectivity index is 2.02. The van der Waals surface area contributed by atoms with Gasteiger partial charge in [-0.2, -0.15) is 4.98 Å². The maximum atomic E-state index is 13.5. The molecule has 1 aromatic carbocycles. The Morgan fingerprint density at radius 1 is 1.05 bits per heavy atom. The largest absolute Gasteiger partial charge is 0.362 e. The third-order valence-electron chi connectivity index (χ3n) is 4.08. The maximum absolute atomic E-state index is 13.5. The second-order valence-electron chi connectivity index (χ2n) is 6.03. The fraction of sp³-hybridized carbons (Fsp3) is 0.500. The number of nitrogens with one attached hydrogen (secondary N) is 1. The Hall–Kier alpha value is -1.98. The van der Waals surface area contributed by atoms with Gasteiger partial charge in [0.15, 0.2) is 11.6 Å². The topological polar surface area (TPSA) is 41.1 Å². The third kappa shape index (κ3) is 2.96. The van der Waals surface area contributed by atoms with Crippen molar-refractivity contribution in [2.75, 3.05) is 24.3 Å². The van der Waals surface area contributed by atoms with Gasteiger partial charge in [-0.1, -0.05) is 19.3 Å². The summed E-state index contributed by atoms with van der Waals surface area (Å²) in [5, 5.41) is 3.85. The monoisotopic (exact) mass is 306 g/mol. The molecule has 0 spiro atoms. The third-order valence-corrected chi connectivity index (χ3v) is 4.08. The van der Waals surface area contributed by atoms with Crippen molar-refractivity contribution < 1.29 is 8.78 Å². The van der Waals surface area contributed by atoms with Crippen LogP contribution in [-0.4, -0.2) is 30.1 Å². The molecule has 6 heteroatoms. The van der Waals surface area contributed by atoms with Gasteiger partial charge in [0.2, 0.25) is 5.95 Å². The van der Waals surface area contributed by atoms with E-state index in [1.807, 2.05) is 14.1 Å². The Morgan fingerprint density at radius 3 is 2.41 bits per heavy atom. The quantitative estimate of drug-likeness (QED) is 0.938. The van der Waals surface area contributed by atoms with Crippen LogP contribution in [0.5, 0.6) is 0 Å². The van der Waals surface area contributed by atoms with Crippen molar-refractivity contribution in [3.05, 3.63) is 23.8 Å². The standard InChI is InChI=1S/C16H20F2N4/c1-22(2)15-11-8-12(17)13(18)9-14(11)20-16(21-15)19-10-6-4-3-5-7-10/h8-10H,3-7H2,1-2H3,(H,19,20,21). The highest BCUT2D eigenvalue weighted by molar-refractivity contribution is 5.90. The predicted octanol–water partition coefficient (Wildman–Crippen LogP) is 3.72. The van der Waals surface area contributed by atoms with E-state index >= 15 is 0 Å². The highest BCUT2D eigenvalue weighted by Crippen LogP contribution is 2.27. The molecule has 0 aliphatic heterocycles. The van der Waals surface area contributed by atoms with Crippen molar-refractivity contribution in [1.82, 2.24) is 9.97 Å². The van der Waals surface area contributed by atoms with Gasteiger partial charge in [0.25, 0.3) is 0 Å². The van der Waals surface area contributed by atoms with Crippen molar-refractivity contribution in [2.24, 2.45) is 0 Å². The van der Waals surface area contributed by atoms with Crippen LogP contribution in [0.2, 0.25) is 0 Å². The molecule has 4 nitrogen and oxygen atoms in total. The summed E-state index contributed by atoms with van der Waals surface area (Å²) in [6.07, 6.45) is 5.86. The predicted molar refractivity (Wildman–Crippen MR) is 84.3 cm³/mol. The molecule has 118 valence electrons. The van der Waals surface area contributed by atoms with Crippen LogP contribution < -0.4 is 10.2 Å². The van der Waals surface area contributed by atoms with Gasteiger partial charge in [-0.05, 0) is 18.9 Å². The normalized spacial score (nSPS) is 16.0. The smallest absolute Gasteiger partial charge is 0.225 e. The van der Waals surface area contributed by atoms with Crippen LogP contribution in [0, 0.1) is 11.6 Å². The molecule has 0 unspecified atom stereocenters. The molecule has 1 aromatic heterocycles. The summed E-state index contributed by atoms with van der Waals surface area (Å²) in [5.41, 5.74) is 0.413. The highest BCUT2D eigenvalue weighted by Gasteiger charge is 2.17. The van der Waals surface area contributed by atoms with E-state index in [9.17, 15) is 8.78 Å². The molecule has 3 rings (SSSR count). The lowest BCUT2D eigenvalue weighted by molar-refractivity contribution is 0.461. The number of benzene rings is 1. The Morgan fingerprint density at radius 2 is 1.73 bits per heavy atom. The van der Waals surface area contributed by atoms with Gasteiger partial charge in [0.1, 0.15) is 5.82 Å². The first-order valence-corrected chi connectivity index (χ1v) is 7.65. The second kappa shape index (κ2) is 6.02. The van der Waals surface area contributed by atoms with Crippen LogP contribution in [0.1, 0.15) is 32.1 Å². The van der Waals surface area contributed by atoms with Crippen LogP contribution in [0.3, 0.4) is 0 Å². The zero-order chi connectivity index (χ0) is 15.7. The lowest BCUT2D eigenvalue weighted by Crippen LogP contribution is -2.24. The van der Waals surface area contributed by atoms with Gasteiger partial charge < -0.3 is 10.2 Å². The SMILES string of the molecule is CN(C)c1nc(NC2CCCCC2)nc2cc(F)c(F)cc12. The number of anilines is 2. The average molecular weight is 306 g/mol. The number of fused-ring (bicyclic) bond motifs is 1. The number of nitrogens with zero attached hydrogens (tertiary/aromatic N) is 3. The minimum Gasteiger partial charge on any atom is -0.362 e. The lowest BCUT2D eigenvalue weighted by atomic mass is 9.96. The Kier molecular flexibility index (Phi) is 4.09. The molecule has 1 heterocycles. The van der Waals surface area contributed by atoms with Crippen molar-refractivity contribution in [2.45, 2.75) is 38.1 Å². The summed E-state index contributed by atoms with van der Waals surface area (Å²) in [6, 6.07) is 2.64. The first-order valence-electron chi connectivity index (χ1n) is 7.65. The summed E-state index contributed by atoms with van der Waals surface area (Å²) in [6.45, 7) is 0. The molecule has 1 N–H and O–H groups in total. The minimum absolute atomic E-state index is 0.353. The van der Waals surface area contributed by atoms with E-state index in [1.54, 1.807) is 4.90 Å². The summed E-state index contributed by atoms with van der Waals surface area (Å²) in [4.78, 5) is 10.6. The van der Waals surface area contributed by atoms with Gasteiger partial charge in [0, 0.05) is 31.6 Å². The molecule has 1 aliphatic carbocycles. The van der Waals surface area contributed by atoms with E-state index in [-0.39, 0.29) is 0 Å². The van der Waals surface area contributed by atoms with E-state index in [0.29, 0.717) is 28.7 Å². The molecule has 1 aliphatic rings. The van der Waals surface area contributed by atoms with Crippen LogP contribution >= 0.6 is 0 Å². The summed E-state index contributed by atoms with van der Waals surface area (Å²) >= 11 is 0. The molecule has 0 atom stereocenters. The van der Waals surface area contributed by atoms with E-state index in [1.165, 1.54) is 19.3 Å². The fourth-order valence-electron chi connectivity index (χ4n) is 2.94. The highest BCUT2D eigenvalue weighted by atomic mass is 19.2. The molecule has 0 saturated heterocycles. The average Bonchev–Trinajstić information content (AvgIpc) is 2.49. The van der Waals surface area contributed by atoms with Crippen molar-refractivity contribution in [1.29, 1.82) is 0 Å². The first kappa shape index (κ1) is 14.9. The van der Waals surface area contributed by atoms with Crippen molar-refractivity contribution in [3.8, 4) is 0 Å². The summed E-state index contributed by atoms with van der Waals surface area (Å²) in [5.74, 6) is -0.706. The minimum atomic E-state index is -0.889. The van der Waals surface area contributed by atoms with Gasteiger partial charge in [-0.15, -0.1) is 0 Å². The lowest BCUT2D eigenvalue weighted by Gasteiger charge is -2.24. The van der Waals surface area contributed by atoms with Gasteiger partial charge >= 0.3 is 0 Å². The molecule has 0 bridgehead atoms. The molecule has 1 fully saturated rings. The zero-order valence-corrected chi connectivity index (χ0v) is 12.9. The summed E-state index contributed by atoms with van der Waals surface area (Å²) < 4.78 is 27.0. The molecule has 0 radical (unpaired) electrons. The van der Waals surface area contributed by atoms with Crippen LogP contribution in [-0.2, 0) is 0 Å².